The van der Waals surface area contributed by atoms with Crippen molar-refractivity contribution in [3.8, 4) is 11.5 Å². The fourth-order valence-corrected chi connectivity index (χ4v) is 2.94. The van der Waals surface area contributed by atoms with E-state index in [1.54, 1.807) is 7.11 Å². The predicted molar refractivity (Wildman–Crippen MR) is 101 cm³/mol. The Hall–Kier alpha value is -2.76. The van der Waals surface area contributed by atoms with Gasteiger partial charge in [-0.3, -0.25) is 4.79 Å². The standard InChI is InChI=1S/C20H25N3O3/c1-25-17-6-2-3-7-18(17)26-13-10-20(24)22-15-16-8-9-19(21-14-16)23-11-4-5-12-23/h2-3,6-9,14H,4-5,10-13,15H2,1H3,(H,22,24). The lowest BCUT2D eigenvalue weighted by molar-refractivity contribution is -0.121. The van der Waals surface area contributed by atoms with E-state index < -0.39 is 0 Å². The van der Waals surface area contributed by atoms with E-state index in [1.165, 1.54) is 12.8 Å². The molecule has 26 heavy (non-hydrogen) atoms. The van der Waals surface area contributed by atoms with Crippen LogP contribution in [0.3, 0.4) is 0 Å². The summed E-state index contributed by atoms with van der Waals surface area (Å²) in [7, 11) is 1.60. The summed E-state index contributed by atoms with van der Waals surface area (Å²) in [5.74, 6) is 2.27. The van der Waals surface area contributed by atoms with Gasteiger partial charge in [0.15, 0.2) is 11.5 Å². The van der Waals surface area contributed by atoms with E-state index in [0.717, 1.165) is 24.5 Å². The minimum Gasteiger partial charge on any atom is -0.493 e. The van der Waals surface area contributed by atoms with Crippen LogP contribution in [-0.4, -0.2) is 37.7 Å². The maximum atomic E-state index is 12.0. The van der Waals surface area contributed by atoms with Crippen LogP contribution in [0.25, 0.3) is 0 Å². The summed E-state index contributed by atoms with van der Waals surface area (Å²) in [5.41, 5.74) is 0.993. The third kappa shape index (κ3) is 4.88. The van der Waals surface area contributed by atoms with Crippen molar-refractivity contribution in [1.29, 1.82) is 0 Å². The number of carbonyl (C=O) groups excluding carboxylic acids is 1. The Kier molecular flexibility index (Phi) is 6.30. The molecule has 2 aromatic rings. The summed E-state index contributed by atoms with van der Waals surface area (Å²) in [6.07, 6.45) is 4.59. The van der Waals surface area contributed by atoms with Crippen LogP contribution in [0.1, 0.15) is 24.8 Å². The molecule has 1 aromatic carbocycles. The maximum absolute atomic E-state index is 12.0. The first-order valence-electron chi connectivity index (χ1n) is 8.98. The number of ether oxygens (including phenoxy) is 2. The Morgan fingerprint density at radius 3 is 2.62 bits per heavy atom. The monoisotopic (exact) mass is 355 g/mol. The van der Waals surface area contributed by atoms with Gasteiger partial charge >= 0.3 is 0 Å². The zero-order chi connectivity index (χ0) is 18.2. The molecule has 3 rings (SSSR count). The third-order valence-electron chi connectivity index (χ3n) is 4.38. The van der Waals surface area contributed by atoms with Crippen molar-refractivity contribution in [2.45, 2.75) is 25.8 Å². The van der Waals surface area contributed by atoms with Crippen LogP contribution in [0, 0.1) is 0 Å². The SMILES string of the molecule is COc1ccccc1OCCC(=O)NCc1ccc(N2CCCC2)nc1. The van der Waals surface area contributed by atoms with E-state index in [0.29, 0.717) is 24.7 Å². The summed E-state index contributed by atoms with van der Waals surface area (Å²) in [5, 5.41) is 2.90. The summed E-state index contributed by atoms with van der Waals surface area (Å²) in [6.45, 7) is 2.93. The van der Waals surface area contributed by atoms with Gasteiger partial charge in [-0.05, 0) is 36.6 Å². The molecular weight excluding hydrogens is 330 g/mol. The fourth-order valence-electron chi connectivity index (χ4n) is 2.94. The second-order valence-corrected chi connectivity index (χ2v) is 6.24. The van der Waals surface area contributed by atoms with Crippen LogP contribution in [0.15, 0.2) is 42.6 Å². The molecule has 1 N–H and O–H groups in total. The zero-order valence-corrected chi connectivity index (χ0v) is 15.1. The highest BCUT2D eigenvalue weighted by Crippen LogP contribution is 2.25. The topological polar surface area (TPSA) is 63.7 Å². The van der Waals surface area contributed by atoms with Crippen molar-refractivity contribution in [3.63, 3.8) is 0 Å². The maximum Gasteiger partial charge on any atom is 0.223 e. The zero-order valence-electron chi connectivity index (χ0n) is 15.1. The van der Waals surface area contributed by atoms with Gasteiger partial charge in [0.2, 0.25) is 5.91 Å². The van der Waals surface area contributed by atoms with Gasteiger partial charge in [0, 0.05) is 25.8 Å². The molecule has 0 spiro atoms. The van der Waals surface area contributed by atoms with E-state index in [9.17, 15) is 4.79 Å². The minimum absolute atomic E-state index is 0.0523. The third-order valence-corrected chi connectivity index (χ3v) is 4.38. The van der Waals surface area contributed by atoms with Crippen LogP contribution in [0.4, 0.5) is 5.82 Å². The molecule has 1 fully saturated rings. The Balaban J connectivity index is 1.39. The molecule has 0 atom stereocenters. The number of para-hydroxylation sites is 2. The smallest absolute Gasteiger partial charge is 0.223 e. The second kappa shape index (κ2) is 9.08. The molecule has 0 saturated carbocycles. The first-order valence-corrected chi connectivity index (χ1v) is 8.98. The molecule has 6 nitrogen and oxygen atoms in total. The predicted octanol–water partition coefficient (Wildman–Crippen LogP) is 2.78. The number of nitrogens with one attached hydrogen (secondary N) is 1. The van der Waals surface area contributed by atoms with Gasteiger partial charge in [-0.25, -0.2) is 4.98 Å². The number of aromatic nitrogens is 1. The number of nitrogens with zero attached hydrogens (tertiary/aromatic N) is 2. The van der Waals surface area contributed by atoms with Crippen LogP contribution >= 0.6 is 0 Å². The van der Waals surface area contributed by atoms with E-state index in [4.69, 9.17) is 9.47 Å². The fraction of sp³-hybridized carbons (Fsp3) is 0.400. The highest BCUT2D eigenvalue weighted by Gasteiger charge is 2.13. The highest BCUT2D eigenvalue weighted by molar-refractivity contribution is 5.76. The number of hydrogen-bond acceptors (Lipinski definition) is 5. The lowest BCUT2D eigenvalue weighted by Crippen LogP contribution is -2.24. The second-order valence-electron chi connectivity index (χ2n) is 6.24. The summed E-state index contributed by atoms with van der Waals surface area (Å²) < 4.78 is 10.8. The average Bonchev–Trinajstić information content (AvgIpc) is 3.22. The van der Waals surface area contributed by atoms with E-state index in [-0.39, 0.29) is 12.3 Å². The van der Waals surface area contributed by atoms with Gasteiger partial charge in [-0.15, -0.1) is 0 Å². The van der Waals surface area contributed by atoms with Crippen LogP contribution in [0.2, 0.25) is 0 Å². The van der Waals surface area contributed by atoms with E-state index in [1.807, 2.05) is 42.6 Å². The molecule has 2 heterocycles. The molecule has 0 aliphatic carbocycles. The Bertz CT molecular complexity index is 712. The average molecular weight is 355 g/mol. The number of pyridine rings is 1. The first kappa shape index (κ1) is 18.0. The van der Waals surface area contributed by atoms with Crippen molar-refractivity contribution in [2.75, 3.05) is 31.7 Å². The van der Waals surface area contributed by atoms with E-state index >= 15 is 0 Å². The highest BCUT2D eigenvalue weighted by atomic mass is 16.5. The number of carbonyl (C=O) groups is 1. The molecule has 1 amide bonds. The Morgan fingerprint density at radius 1 is 1.15 bits per heavy atom. The number of anilines is 1. The molecular formula is C20H25N3O3. The van der Waals surface area contributed by atoms with Gasteiger partial charge in [-0.2, -0.15) is 0 Å². The van der Waals surface area contributed by atoms with Crippen molar-refractivity contribution >= 4 is 11.7 Å². The number of methoxy groups -OCH3 is 1. The molecule has 0 radical (unpaired) electrons. The van der Waals surface area contributed by atoms with Crippen molar-refractivity contribution in [1.82, 2.24) is 10.3 Å². The van der Waals surface area contributed by atoms with Gasteiger partial charge in [0.25, 0.3) is 0 Å². The Labute approximate surface area is 154 Å². The van der Waals surface area contributed by atoms with Gasteiger partial charge in [0.1, 0.15) is 5.82 Å². The van der Waals surface area contributed by atoms with Crippen LogP contribution in [-0.2, 0) is 11.3 Å². The molecule has 1 aliphatic rings. The summed E-state index contributed by atoms with van der Waals surface area (Å²) >= 11 is 0. The van der Waals surface area contributed by atoms with Gasteiger partial charge in [-0.1, -0.05) is 18.2 Å². The lowest BCUT2D eigenvalue weighted by Gasteiger charge is -2.16. The largest absolute Gasteiger partial charge is 0.493 e. The molecule has 6 heteroatoms. The van der Waals surface area contributed by atoms with Crippen molar-refractivity contribution < 1.29 is 14.3 Å². The quantitative estimate of drug-likeness (QED) is 0.789. The molecule has 1 saturated heterocycles. The summed E-state index contributed by atoms with van der Waals surface area (Å²) in [6, 6.07) is 11.4. The number of rotatable bonds is 8. The number of benzene rings is 1. The molecule has 0 unspecified atom stereocenters. The van der Waals surface area contributed by atoms with Crippen molar-refractivity contribution in [2.24, 2.45) is 0 Å². The molecule has 138 valence electrons. The Morgan fingerprint density at radius 2 is 1.92 bits per heavy atom. The summed E-state index contributed by atoms with van der Waals surface area (Å²) in [4.78, 5) is 18.8. The molecule has 1 aliphatic heterocycles. The normalized spacial score (nSPS) is 13.5. The van der Waals surface area contributed by atoms with Gasteiger partial charge in [0.05, 0.1) is 20.1 Å². The van der Waals surface area contributed by atoms with E-state index in [2.05, 4.69) is 15.2 Å². The molecule has 1 aromatic heterocycles. The van der Waals surface area contributed by atoms with Crippen LogP contribution in [0.5, 0.6) is 11.5 Å². The number of hydrogen-bond donors (Lipinski definition) is 1. The van der Waals surface area contributed by atoms with Crippen molar-refractivity contribution in [3.05, 3.63) is 48.2 Å². The molecule has 0 bridgehead atoms. The lowest BCUT2D eigenvalue weighted by atomic mass is 10.2. The van der Waals surface area contributed by atoms with Gasteiger partial charge < -0.3 is 19.7 Å². The number of amides is 1. The first-order chi connectivity index (χ1) is 12.8. The van der Waals surface area contributed by atoms with Crippen LogP contribution < -0.4 is 19.7 Å². The minimum atomic E-state index is -0.0523.